The first kappa shape index (κ1) is 24.3. The molecule has 2 heterocycles. The van der Waals surface area contributed by atoms with Gasteiger partial charge in [-0.2, -0.15) is 5.10 Å². The van der Waals surface area contributed by atoms with Crippen LogP contribution in [0.2, 0.25) is 0 Å². The average molecular weight is 480 g/mol. The first-order chi connectivity index (χ1) is 16.8. The van der Waals surface area contributed by atoms with Gasteiger partial charge in [-0.1, -0.05) is 0 Å². The monoisotopic (exact) mass is 479 g/mol. The van der Waals surface area contributed by atoms with Crippen LogP contribution >= 0.6 is 0 Å². The zero-order chi connectivity index (χ0) is 25.1. The predicted octanol–water partition coefficient (Wildman–Crippen LogP) is 2.69. The van der Waals surface area contributed by atoms with Crippen LogP contribution in [0.25, 0.3) is 0 Å². The van der Waals surface area contributed by atoms with Crippen molar-refractivity contribution in [1.82, 2.24) is 10.4 Å². The van der Waals surface area contributed by atoms with Crippen molar-refractivity contribution in [3.05, 3.63) is 64.2 Å². The van der Waals surface area contributed by atoms with Gasteiger partial charge in [-0.05, 0) is 49.9 Å². The number of aliphatic hydroxyl groups excluding tert-OH is 1. The summed E-state index contributed by atoms with van der Waals surface area (Å²) in [7, 11) is 1.64. The number of nitrogens with zero attached hydrogens (tertiary/aromatic N) is 3. The van der Waals surface area contributed by atoms with E-state index in [4.69, 9.17) is 26.6 Å². The zero-order valence-electron chi connectivity index (χ0n) is 19.8. The second kappa shape index (κ2) is 10.2. The van der Waals surface area contributed by atoms with Crippen LogP contribution in [0.3, 0.4) is 0 Å². The molecule has 9 nitrogen and oxygen atoms in total. The third-order valence-corrected chi connectivity index (χ3v) is 6.07. The van der Waals surface area contributed by atoms with Crippen molar-refractivity contribution in [3.8, 4) is 5.75 Å². The largest absolute Gasteiger partial charge is 0.479 e. The quantitative estimate of drug-likeness (QED) is 0.425. The summed E-state index contributed by atoms with van der Waals surface area (Å²) in [5.74, 6) is 0.350. The number of nitrogen functional groups attached to an aromatic ring is 1. The number of pyridine rings is 1. The van der Waals surface area contributed by atoms with Crippen molar-refractivity contribution in [2.24, 2.45) is 21.7 Å². The second-order valence-electron chi connectivity index (χ2n) is 8.76. The van der Waals surface area contributed by atoms with Gasteiger partial charge in [0, 0.05) is 54.2 Å². The lowest BCUT2D eigenvalue weighted by molar-refractivity contribution is 0.116. The molecule has 2 aliphatic rings. The summed E-state index contributed by atoms with van der Waals surface area (Å²) in [6, 6.07) is 5.69. The van der Waals surface area contributed by atoms with Crippen molar-refractivity contribution >= 4 is 23.0 Å². The zero-order valence-corrected chi connectivity index (χ0v) is 19.8. The number of aliphatic hydroxyl groups is 1. The highest BCUT2D eigenvalue weighted by molar-refractivity contribution is 6.48. The number of fused-ring (bicyclic) bond motifs is 3. The van der Waals surface area contributed by atoms with Gasteiger partial charge in [0.1, 0.15) is 11.9 Å². The van der Waals surface area contributed by atoms with E-state index in [0.29, 0.717) is 51.8 Å². The normalized spacial score (nSPS) is 22.2. The number of ether oxygens (including phenoxy) is 1. The van der Waals surface area contributed by atoms with Crippen LogP contribution in [-0.4, -0.2) is 47.4 Å². The molecule has 2 aromatic rings. The summed E-state index contributed by atoms with van der Waals surface area (Å²) in [5.41, 5.74) is 18.8. The minimum Gasteiger partial charge on any atom is -0.479 e. The van der Waals surface area contributed by atoms with E-state index in [-0.39, 0.29) is 23.7 Å². The molecule has 1 saturated carbocycles. The number of allylic oxidation sites excluding steroid dienone is 2. The molecule has 0 amide bonds. The van der Waals surface area contributed by atoms with E-state index in [0.717, 1.165) is 12.8 Å². The maximum absolute atomic E-state index is 14.3. The first-order valence-electron chi connectivity index (χ1n) is 11.5. The Labute approximate surface area is 203 Å². The maximum atomic E-state index is 14.3. The number of hydrogen-bond donors (Lipinski definition) is 5. The fourth-order valence-corrected chi connectivity index (χ4v) is 3.99. The number of aromatic nitrogens is 1. The minimum atomic E-state index is -0.992. The topological polar surface area (TPSA) is 155 Å². The van der Waals surface area contributed by atoms with Gasteiger partial charge in [0.05, 0.1) is 23.7 Å². The van der Waals surface area contributed by atoms with E-state index in [1.807, 2.05) is 0 Å². The van der Waals surface area contributed by atoms with Crippen molar-refractivity contribution in [3.63, 3.8) is 0 Å². The van der Waals surface area contributed by atoms with Gasteiger partial charge in [-0.15, -0.1) is 0 Å². The Morgan fingerprint density at radius 2 is 2.11 bits per heavy atom. The number of hydrazone groups is 1. The van der Waals surface area contributed by atoms with Crippen LogP contribution in [0.15, 0.2) is 51.8 Å². The molecule has 35 heavy (non-hydrogen) atoms. The lowest BCUT2D eigenvalue weighted by Crippen LogP contribution is -2.26. The van der Waals surface area contributed by atoms with E-state index in [2.05, 4.69) is 15.5 Å². The Morgan fingerprint density at radius 1 is 1.34 bits per heavy atom. The number of anilines is 1. The van der Waals surface area contributed by atoms with Crippen molar-refractivity contribution < 1.29 is 14.2 Å². The Bertz CT molecular complexity index is 1230. The molecule has 1 atom stereocenters. The molecular formula is C25H30FN7O2. The fourth-order valence-electron chi connectivity index (χ4n) is 3.99. The maximum Gasteiger partial charge on any atom is 0.166 e. The third-order valence-electron chi connectivity index (χ3n) is 6.07. The van der Waals surface area contributed by atoms with Gasteiger partial charge in [0.2, 0.25) is 0 Å². The number of nitrogens with two attached hydrogens (primary N) is 2. The molecule has 0 radical (unpaired) electrons. The van der Waals surface area contributed by atoms with Crippen LogP contribution in [-0.2, 0) is 0 Å². The van der Waals surface area contributed by atoms with E-state index in [9.17, 15) is 9.50 Å². The SMILES string of the molecule is CN/N=C1/CC(=C(C)N)C(=NCC2CC2)c2cnc(N)c(c2)O[C@H](CO)c2cc(F)ccc2C1=N. The van der Waals surface area contributed by atoms with Crippen molar-refractivity contribution in [2.75, 3.05) is 25.9 Å². The second-order valence-corrected chi connectivity index (χ2v) is 8.76. The van der Waals surface area contributed by atoms with Crippen molar-refractivity contribution in [2.45, 2.75) is 32.3 Å². The first-order valence-corrected chi connectivity index (χ1v) is 11.5. The van der Waals surface area contributed by atoms with Gasteiger partial charge in [-0.3, -0.25) is 10.4 Å². The minimum absolute atomic E-state index is 0.0482. The van der Waals surface area contributed by atoms with Crippen LogP contribution in [0, 0.1) is 17.1 Å². The summed E-state index contributed by atoms with van der Waals surface area (Å²) in [5, 5.41) is 23.5. The average Bonchev–Trinajstić information content (AvgIpc) is 3.66. The van der Waals surface area contributed by atoms with Crippen LogP contribution < -0.4 is 21.6 Å². The molecular weight excluding hydrogens is 449 g/mol. The van der Waals surface area contributed by atoms with E-state index in [1.54, 1.807) is 26.2 Å². The molecule has 1 fully saturated rings. The molecule has 0 spiro atoms. The van der Waals surface area contributed by atoms with E-state index < -0.39 is 18.5 Å². The summed E-state index contributed by atoms with van der Waals surface area (Å²) >= 11 is 0. The molecule has 1 aliphatic carbocycles. The highest BCUT2D eigenvalue weighted by atomic mass is 19.1. The molecule has 0 unspecified atom stereocenters. The highest BCUT2D eigenvalue weighted by Gasteiger charge is 2.28. The Hall–Kier alpha value is -3.79. The molecule has 1 aromatic heterocycles. The standard InChI is InChI=1S/C25H30FN7O2/c1-13(27)18-9-20(33-30-2)23(28)17-6-5-16(26)8-19(17)22(12-34)35-21-7-15(11-32-25(21)29)24(18)31-10-14-3-4-14/h5-8,11,14,22,28,30,34H,3-4,9-10,12,27H2,1-2H3,(H2,29,32)/b18-13?,28-23?,31-24?,33-20-/t22-/m1/s1. The molecule has 10 heteroatoms. The van der Waals surface area contributed by atoms with Gasteiger partial charge >= 0.3 is 0 Å². The summed E-state index contributed by atoms with van der Waals surface area (Å²) in [4.78, 5) is 9.19. The molecule has 2 bridgehead atoms. The fraction of sp³-hybridized carbons (Fsp3) is 0.360. The highest BCUT2D eigenvalue weighted by Crippen LogP contribution is 2.33. The smallest absolute Gasteiger partial charge is 0.166 e. The number of nitrogens with one attached hydrogen (secondary N) is 2. The number of aliphatic imine (C=N–C) groups is 1. The summed E-state index contributed by atoms with van der Waals surface area (Å²) < 4.78 is 20.3. The Balaban J connectivity index is 1.97. The Kier molecular flexibility index (Phi) is 7.11. The lowest BCUT2D eigenvalue weighted by atomic mass is 9.90. The van der Waals surface area contributed by atoms with E-state index in [1.165, 1.54) is 18.2 Å². The number of rotatable bonds is 4. The predicted molar refractivity (Wildman–Crippen MR) is 134 cm³/mol. The van der Waals surface area contributed by atoms with Gasteiger partial charge in [-0.25, -0.2) is 9.37 Å². The number of halogens is 1. The van der Waals surface area contributed by atoms with Crippen LogP contribution in [0.4, 0.5) is 10.2 Å². The van der Waals surface area contributed by atoms with Gasteiger partial charge in [0.25, 0.3) is 0 Å². The Morgan fingerprint density at radius 3 is 2.77 bits per heavy atom. The molecule has 1 aromatic carbocycles. The summed E-state index contributed by atoms with van der Waals surface area (Å²) in [6.45, 7) is 1.95. The molecule has 0 saturated heterocycles. The molecule has 184 valence electrons. The number of benzene rings is 1. The van der Waals surface area contributed by atoms with E-state index >= 15 is 0 Å². The van der Waals surface area contributed by atoms with Crippen LogP contribution in [0.5, 0.6) is 5.75 Å². The van der Waals surface area contributed by atoms with Crippen LogP contribution in [0.1, 0.15) is 49.0 Å². The third kappa shape index (κ3) is 5.32. The van der Waals surface area contributed by atoms with Crippen molar-refractivity contribution in [1.29, 1.82) is 5.41 Å². The molecule has 4 rings (SSSR count). The molecule has 7 N–H and O–H groups in total. The number of hydrogen-bond acceptors (Lipinski definition) is 9. The summed E-state index contributed by atoms with van der Waals surface area (Å²) in [6.07, 6.45) is 3.08. The van der Waals surface area contributed by atoms with Gasteiger partial charge in [0.15, 0.2) is 11.6 Å². The van der Waals surface area contributed by atoms with Gasteiger partial charge < -0.3 is 26.7 Å². The molecule has 1 aliphatic heterocycles. The lowest BCUT2D eigenvalue weighted by Gasteiger charge is -2.24.